The van der Waals surface area contributed by atoms with Crippen molar-refractivity contribution in [2.24, 2.45) is 29.6 Å². The van der Waals surface area contributed by atoms with Gasteiger partial charge in [-0.3, -0.25) is 0 Å². The molecule has 0 aromatic rings. The number of hydrogen-bond donors (Lipinski definition) is 1. The van der Waals surface area contributed by atoms with Gasteiger partial charge in [-0.05, 0) is 94.3 Å². The lowest BCUT2D eigenvalue weighted by atomic mass is 9.54. The van der Waals surface area contributed by atoms with Crippen LogP contribution in [0.1, 0.15) is 64.7 Å². The zero-order valence-corrected chi connectivity index (χ0v) is 12.3. The second-order valence-corrected chi connectivity index (χ2v) is 7.79. The highest BCUT2D eigenvalue weighted by atomic mass is 16.3. The molecule has 4 aliphatic carbocycles. The minimum atomic E-state index is 0.0190. The Balaban J connectivity index is 1.57. The van der Waals surface area contributed by atoms with E-state index in [9.17, 15) is 5.11 Å². The van der Waals surface area contributed by atoms with Crippen molar-refractivity contribution >= 4 is 0 Å². The van der Waals surface area contributed by atoms with Crippen molar-refractivity contribution in [3.63, 3.8) is 0 Å². The Morgan fingerprint density at radius 2 is 1.68 bits per heavy atom. The molecule has 0 unspecified atom stereocenters. The van der Waals surface area contributed by atoms with Crippen LogP contribution in [0.25, 0.3) is 0 Å². The van der Waals surface area contributed by atoms with Crippen LogP contribution in [0.5, 0.6) is 0 Å². The van der Waals surface area contributed by atoms with E-state index in [1.807, 2.05) is 5.57 Å². The lowest BCUT2D eigenvalue weighted by Gasteiger charge is -2.51. The molecule has 6 atom stereocenters. The van der Waals surface area contributed by atoms with Gasteiger partial charge in [0.05, 0.1) is 6.10 Å². The van der Waals surface area contributed by atoms with E-state index in [1.54, 1.807) is 5.57 Å². The van der Waals surface area contributed by atoms with Crippen LogP contribution in [0, 0.1) is 29.6 Å². The van der Waals surface area contributed by atoms with Gasteiger partial charge in [0.2, 0.25) is 0 Å². The van der Waals surface area contributed by atoms with Crippen molar-refractivity contribution in [3.05, 3.63) is 11.1 Å². The molecule has 1 N–H and O–H groups in total. The number of fused-ring (bicyclic) bond motifs is 5. The number of rotatable bonds is 0. The maximum absolute atomic E-state index is 9.92. The molecule has 0 radical (unpaired) electrons. The zero-order chi connectivity index (χ0) is 13.0. The van der Waals surface area contributed by atoms with Gasteiger partial charge in [0.1, 0.15) is 0 Å². The normalized spacial score (nSPS) is 49.6. The van der Waals surface area contributed by atoms with Crippen LogP contribution in [0.2, 0.25) is 0 Å². The van der Waals surface area contributed by atoms with Crippen molar-refractivity contribution in [2.45, 2.75) is 70.8 Å². The maximum atomic E-state index is 9.92. The monoisotopic (exact) mass is 260 g/mol. The highest BCUT2D eigenvalue weighted by Gasteiger charge is 2.47. The first-order valence-electron chi connectivity index (χ1n) is 8.60. The number of allylic oxidation sites excluding steroid dienone is 2. The first-order valence-corrected chi connectivity index (χ1v) is 8.60. The summed E-state index contributed by atoms with van der Waals surface area (Å²) < 4.78 is 0. The number of aliphatic hydroxyl groups is 1. The highest BCUT2D eigenvalue weighted by molar-refractivity contribution is 5.25. The molecule has 0 spiro atoms. The van der Waals surface area contributed by atoms with Crippen molar-refractivity contribution in [1.82, 2.24) is 0 Å². The number of hydrogen-bond acceptors (Lipinski definition) is 1. The first kappa shape index (κ1) is 12.4. The molecular formula is C18H28O. The quantitative estimate of drug-likeness (QED) is 0.643. The lowest BCUT2D eigenvalue weighted by Crippen LogP contribution is -2.44. The lowest BCUT2D eigenvalue weighted by molar-refractivity contribution is -0.0244. The largest absolute Gasteiger partial charge is 0.393 e. The molecule has 0 bridgehead atoms. The second kappa shape index (κ2) is 4.62. The van der Waals surface area contributed by atoms with E-state index in [-0.39, 0.29) is 6.10 Å². The third-order valence-electron chi connectivity index (χ3n) is 7.07. The number of aliphatic hydroxyl groups excluding tert-OH is 1. The van der Waals surface area contributed by atoms with E-state index in [1.165, 1.54) is 44.9 Å². The molecule has 0 saturated heterocycles. The van der Waals surface area contributed by atoms with Crippen molar-refractivity contribution in [1.29, 1.82) is 0 Å². The smallest absolute Gasteiger partial charge is 0.0543 e. The fourth-order valence-electron chi connectivity index (χ4n) is 6.24. The van der Waals surface area contributed by atoms with Gasteiger partial charge in [-0.15, -0.1) is 0 Å². The molecule has 4 rings (SSSR count). The van der Waals surface area contributed by atoms with Gasteiger partial charge in [0.15, 0.2) is 0 Å². The Bertz CT molecular complexity index is 396. The predicted molar refractivity (Wildman–Crippen MR) is 77.7 cm³/mol. The summed E-state index contributed by atoms with van der Waals surface area (Å²) in [6, 6.07) is 0. The van der Waals surface area contributed by atoms with E-state index in [4.69, 9.17) is 0 Å². The zero-order valence-electron chi connectivity index (χ0n) is 12.3. The Hall–Kier alpha value is -0.300. The summed E-state index contributed by atoms with van der Waals surface area (Å²) in [5.41, 5.74) is 3.61. The molecule has 4 aliphatic rings. The third kappa shape index (κ3) is 1.92. The van der Waals surface area contributed by atoms with Gasteiger partial charge in [0, 0.05) is 0 Å². The molecule has 3 saturated carbocycles. The Morgan fingerprint density at radius 3 is 2.58 bits per heavy atom. The van der Waals surface area contributed by atoms with E-state index in [2.05, 4.69) is 6.92 Å². The second-order valence-electron chi connectivity index (χ2n) is 7.79. The Morgan fingerprint density at radius 1 is 0.842 bits per heavy atom. The van der Waals surface area contributed by atoms with Crippen LogP contribution in [-0.2, 0) is 0 Å². The first-order chi connectivity index (χ1) is 9.24. The molecule has 0 aromatic heterocycles. The minimum absolute atomic E-state index is 0.0190. The molecule has 0 heterocycles. The van der Waals surface area contributed by atoms with E-state index in [0.29, 0.717) is 0 Å². The van der Waals surface area contributed by atoms with Crippen molar-refractivity contribution in [3.8, 4) is 0 Å². The van der Waals surface area contributed by atoms with Gasteiger partial charge in [0.25, 0.3) is 0 Å². The van der Waals surface area contributed by atoms with Crippen LogP contribution < -0.4 is 0 Å². The molecular weight excluding hydrogens is 232 g/mol. The predicted octanol–water partition coefficient (Wildman–Crippen LogP) is 4.31. The van der Waals surface area contributed by atoms with Crippen LogP contribution in [0.4, 0.5) is 0 Å². The average molecular weight is 260 g/mol. The van der Waals surface area contributed by atoms with Crippen LogP contribution in [0.15, 0.2) is 11.1 Å². The summed E-state index contributed by atoms with van der Waals surface area (Å²) in [4.78, 5) is 0. The van der Waals surface area contributed by atoms with Crippen molar-refractivity contribution in [2.75, 3.05) is 0 Å². The molecule has 3 fully saturated rings. The maximum Gasteiger partial charge on any atom is 0.0543 e. The van der Waals surface area contributed by atoms with Gasteiger partial charge in [-0.25, -0.2) is 0 Å². The molecule has 0 amide bonds. The van der Waals surface area contributed by atoms with Crippen LogP contribution in [-0.4, -0.2) is 11.2 Å². The van der Waals surface area contributed by atoms with Gasteiger partial charge in [-0.2, -0.15) is 0 Å². The minimum Gasteiger partial charge on any atom is -0.393 e. The summed E-state index contributed by atoms with van der Waals surface area (Å²) >= 11 is 0. The molecule has 1 nitrogen and oxygen atoms in total. The Labute approximate surface area is 117 Å². The molecule has 0 aromatic carbocycles. The fourth-order valence-corrected chi connectivity index (χ4v) is 6.24. The molecule has 0 aliphatic heterocycles. The van der Waals surface area contributed by atoms with Crippen molar-refractivity contribution < 1.29 is 5.11 Å². The SMILES string of the molecule is CC1=C2CC[C@H]3[C@@H](CC[C@@H]4C[C@H](O)CC[C@@H]43)[C@@H]2CC1. The van der Waals surface area contributed by atoms with E-state index >= 15 is 0 Å². The van der Waals surface area contributed by atoms with Crippen LogP contribution >= 0.6 is 0 Å². The van der Waals surface area contributed by atoms with Crippen LogP contribution in [0.3, 0.4) is 0 Å². The standard InChI is InChI=1S/C18H28O/c1-11-2-5-16-14(11)8-9-17-15-7-4-13(19)10-12(15)3-6-18(16)17/h12-13,15-19H,2-10H2,1H3/t12-,13-,15+,16-,17-,18+/m1/s1. The highest BCUT2D eigenvalue weighted by Crippen LogP contribution is 2.57. The summed E-state index contributed by atoms with van der Waals surface area (Å²) in [6.45, 7) is 2.39. The fraction of sp³-hybridized carbons (Fsp3) is 0.889. The Kier molecular flexibility index (Phi) is 3.02. The topological polar surface area (TPSA) is 20.2 Å². The van der Waals surface area contributed by atoms with E-state index < -0.39 is 0 Å². The summed E-state index contributed by atoms with van der Waals surface area (Å²) in [7, 11) is 0. The van der Waals surface area contributed by atoms with E-state index in [0.717, 1.165) is 42.4 Å². The summed E-state index contributed by atoms with van der Waals surface area (Å²) in [5.74, 6) is 4.80. The summed E-state index contributed by atoms with van der Waals surface area (Å²) in [6.07, 6.45) is 12.1. The van der Waals surface area contributed by atoms with Gasteiger partial charge >= 0.3 is 0 Å². The van der Waals surface area contributed by atoms with Gasteiger partial charge in [-0.1, -0.05) is 11.1 Å². The third-order valence-corrected chi connectivity index (χ3v) is 7.07. The van der Waals surface area contributed by atoms with Gasteiger partial charge < -0.3 is 5.11 Å². The summed E-state index contributed by atoms with van der Waals surface area (Å²) in [5, 5.41) is 9.92. The molecule has 19 heavy (non-hydrogen) atoms. The molecule has 1 heteroatoms. The average Bonchev–Trinajstić information content (AvgIpc) is 2.80. The molecule has 106 valence electrons.